The predicted octanol–water partition coefficient (Wildman–Crippen LogP) is 12.7. The zero-order valence-corrected chi connectivity index (χ0v) is 31.2. The number of hydrogen-bond donors (Lipinski definition) is 0. The number of fused-ring (bicyclic) bond motifs is 12. The molecule has 0 bridgehead atoms. The van der Waals surface area contributed by atoms with Crippen molar-refractivity contribution >= 4 is 60.2 Å². The number of imidazole rings is 1. The van der Waals surface area contributed by atoms with Crippen molar-refractivity contribution < 1.29 is 0 Å². The molecular formula is C52H32N6. The van der Waals surface area contributed by atoms with Crippen LogP contribution in [0.1, 0.15) is 0 Å². The van der Waals surface area contributed by atoms with Crippen LogP contribution in [-0.4, -0.2) is 28.9 Å². The van der Waals surface area contributed by atoms with Crippen LogP contribution in [0.15, 0.2) is 194 Å². The van der Waals surface area contributed by atoms with Crippen LogP contribution in [0, 0.1) is 0 Å². The van der Waals surface area contributed by atoms with Gasteiger partial charge < -0.3 is 4.57 Å². The molecule has 6 nitrogen and oxygen atoms in total. The van der Waals surface area contributed by atoms with E-state index in [1.165, 1.54) is 21.5 Å². The lowest BCUT2D eigenvalue weighted by Gasteiger charge is -2.11. The Morgan fingerprint density at radius 2 is 0.845 bits per heavy atom. The average Bonchev–Trinajstić information content (AvgIpc) is 3.87. The molecule has 0 aliphatic rings. The maximum Gasteiger partial charge on any atom is 0.164 e. The molecule has 12 aromatic rings. The first-order chi connectivity index (χ1) is 28.8. The Morgan fingerprint density at radius 1 is 0.310 bits per heavy atom. The summed E-state index contributed by atoms with van der Waals surface area (Å²) < 4.78 is 4.72. The highest BCUT2D eigenvalue weighted by molar-refractivity contribution is 6.20. The normalized spacial score (nSPS) is 11.8. The Balaban J connectivity index is 1.01. The molecule has 0 saturated heterocycles. The first-order valence-electron chi connectivity index (χ1n) is 19.5. The molecule has 0 aliphatic carbocycles. The fourth-order valence-electron chi connectivity index (χ4n) is 8.67. The summed E-state index contributed by atoms with van der Waals surface area (Å²) in [5, 5.41) is 5.95. The quantitative estimate of drug-likeness (QED) is 0.165. The first kappa shape index (κ1) is 32.3. The van der Waals surface area contributed by atoms with Crippen LogP contribution in [0.4, 0.5) is 0 Å². The maximum atomic E-state index is 5.48. The first-order valence-corrected chi connectivity index (χ1v) is 19.5. The van der Waals surface area contributed by atoms with Crippen molar-refractivity contribution in [3.63, 3.8) is 0 Å². The molecule has 270 valence electrons. The Bertz CT molecular complexity index is 3490. The van der Waals surface area contributed by atoms with Crippen LogP contribution < -0.4 is 0 Å². The lowest BCUT2D eigenvalue weighted by atomic mass is 10.0. The number of hydrogen-bond acceptors (Lipinski definition) is 4. The van der Waals surface area contributed by atoms with Gasteiger partial charge in [0.25, 0.3) is 0 Å². The molecule has 4 heterocycles. The van der Waals surface area contributed by atoms with Gasteiger partial charge in [0.15, 0.2) is 17.5 Å². The lowest BCUT2D eigenvalue weighted by Crippen LogP contribution is -2.00. The monoisotopic (exact) mass is 740 g/mol. The highest BCUT2D eigenvalue weighted by Crippen LogP contribution is 2.40. The van der Waals surface area contributed by atoms with Crippen LogP contribution in [0.5, 0.6) is 0 Å². The minimum absolute atomic E-state index is 0.633. The topological polar surface area (TPSA) is 60.9 Å². The average molecular weight is 741 g/mol. The van der Waals surface area contributed by atoms with Gasteiger partial charge in [-0.05, 0) is 59.0 Å². The second-order valence-electron chi connectivity index (χ2n) is 14.7. The molecule has 0 aliphatic heterocycles. The highest BCUT2D eigenvalue weighted by Gasteiger charge is 2.21. The summed E-state index contributed by atoms with van der Waals surface area (Å²) in [6, 6.07) is 67.9. The van der Waals surface area contributed by atoms with Crippen LogP contribution >= 0.6 is 0 Å². The molecule has 4 aromatic heterocycles. The summed E-state index contributed by atoms with van der Waals surface area (Å²) in [5.41, 5.74) is 12.5. The second-order valence-corrected chi connectivity index (χ2v) is 14.7. The Morgan fingerprint density at radius 3 is 1.53 bits per heavy atom. The Labute approximate surface area is 333 Å². The van der Waals surface area contributed by atoms with Gasteiger partial charge in [-0.1, -0.05) is 152 Å². The summed E-state index contributed by atoms with van der Waals surface area (Å²) in [6.07, 6.45) is 0. The third kappa shape index (κ3) is 4.98. The number of pyridine rings is 1. The van der Waals surface area contributed by atoms with Crippen LogP contribution in [-0.2, 0) is 0 Å². The summed E-state index contributed by atoms with van der Waals surface area (Å²) in [4.78, 5) is 20.3. The van der Waals surface area contributed by atoms with Crippen molar-refractivity contribution in [1.82, 2.24) is 28.9 Å². The van der Waals surface area contributed by atoms with E-state index in [1.807, 2.05) is 60.7 Å². The van der Waals surface area contributed by atoms with Gasteiger partial charge in [-0.3, -0.25) is 4.40 Å². The number of nitrogens with zero attached hydrogens (tertiary/aromatic N) is 6. The summed E-state index contributed by atoms with van der Waals surface area (Å²) in [6.45, 7) is 0. The molecule has 0 N–H and O–H groups in total. The van der Waals surface area contributed by atoms with E-state index in [1.54, 1.807) is 0 Å². The van der Waals surface area contributed by atoms with Crippen LogP contribution in [0.3, 0.4) is 0 Å². The van der Waals surface area contributed by atoms with E-state index in [4.69, 9.17) is 19.9 Å². The van der Waals surface area contributed by atoms with Crippen molar-refractivity contribution in [2.24, 2.45) is 0 Å². The summed E-state index contributed by atoms with van der Waals surface area (Å²) >= 11 is 0. The maximum absolute atomic E-state index is 5.48. The van der Waals surface area contributed by atoms with E-state index >= 15 is 0 Å². The molecule has 0 spiro atoms. The molecule has 0 saturated carbocycles. The van der Waals surface area contributed by atoms with Gasteiger partial charge in [-0.2, -0.15) is 0 Å². The Hall–Kier alpha value is -7.96. The molecule has 12 rings (SSSR count). The fourth-order valence-corrected chi connectivity index (χ4v) is 8.67. The molecule has 58 heavy (non-hydrogen) atoms. The van der Waals surface area contributed by atoms with E-state index < -0.39 is 0 Å². The third-order valence-corrected chi connectivity index (χ3v) is 11.3. The summed E-state index contributed by atoms with van der Waals surface area (Å²) in [5.74, 6) is 1.92. The minimum atomic E-state index is 0.633. The number of rotatable bonds is 5. The van der Waals surface area contributed by atoms with Crippen molar-refractivity contribution in [3.8, 4) is 51.0 Å². The third-order valence-electron chi connectivity index (χ3n) is 11.3. The molecule has 0 unspecified atom stereocenters. The van der Waals surface area contributed by atoms with Crippen molar-refractivity contribution in [2.75, 3.05) is 0 Å². The van der Waals surface area contributed by atoms with Gasteiger partial charge in [0.1, 0.15) is 11.2 Å². The zero-order valence-electron chi connectivity index (χ0n) is 31.2. The number of aromatic nitrogens is 6. The van der Waals surface area contributed by atoms with Gasteiger partial charge in [0.2, 0.25) is 0 Å². The van der Waals surface area contributed by atoms with E-state index in [-0.39, 0.29) is 0 Å². The van der Waals surface area contributed by atoms with Gasteiger partial charge in [0.05, 0.1) is 22.1 Å². The standard InChI is InChI=1S/C52H32N6/c1-3-14-34(15-4-1)49-54-50(35-16-5-2-6-17-35)56-51(55-49)37-19-13-18-36(32-37)33-26-28-38(29-27-33)57-44-24-11-10-22-41(44)42-30-31-46-47(48(42)57)53-52-43-23-8-7-20-39(43)40-21-9-12-25-45(40)58(46)52/h1-32H. The van der Waals surface area contributed by atoms with Crippen LogP contribution in [0.25, 0.3) is 111 Å². The zero-order chi connectivity index (χ0) is 38.2. The Kier molecular flexibility index (Phi) is 7.13. The minimum Gasteiger partial charge on any atom is -0.307 e. The molecule has 0 amide bonds. The molecule has 8 aromatic carbocycles. The number of para-hydroxylation sites is 2. The number of benzene rings is 8. The summed E-state index contributed by atoms with van der Waals surface area (Å²) in [7, 11) is 0. The van der Waals surface area contributed by atoms with Gasteiger partial charge in [0, 0.05) is 43.9 Å². The second kappa shape index (κ2) is 12.8. The van der Waals surface area contributed by atoms with Crippen LogP contribution in [0.2, 0.25) is 0 Å². The van der Waals surface area contributed by atoms with Gasteiger partial charge in [-0.15, -0.1) is 0 Å². The van der Waals surface area contributed by atoms with E-state index in [2.05, 4.69) is 142 Å². The molecular weight excluding hydrogens is 709 g/mol. The van der Waals surface area contributed by atoms with Crippen molar-refractivity contribution in [1.29, 1.82) is 0 Å². The van der Waals surface area contributed by atoms with E-state index in [0.717, 1.165) is 72.1 Å². The predicted molar refractivity (Wildman–Crippen MR) is 237 cm³/mol. The van der Waals surface area contributed by atoms with Gasteiger partial charge >= 0.3 is 0 Å². The largest absolute Gasteiger partial charge is 0.307 e. The molecule has 0 fully saturated rings. The van der Waals surface area contributed by atoms with E-state index in [0.29, 0.717) is 17.5 Å². The molecule has 0 radical (unpaired) electrons. The molecule has 6 heteroatoms. The van der Waals surface area contributed by atoms with Gasteiger partial charge in [-0.25, -0.2) is 19.9 Å². The molecule has 0 atom stereocenters. The van der Waals surface area contributed by atoms with Crippen molar-refractivity contribution in [2.45, 2.75) is 0 Å². The smallest absolute Gasteiger partial charge is 0.164 e. The fraction of sp³-hybridized carbons (Fsp3) is 0. The van der Waals surface area contributed by atoms with Crippen molar-refractivity contribution in [3.05, 3.63) is 194 Å². The highest BCUT2D eigenvalue weighted by atomic mass is 15.1. The van der Waals surface area contributed by atoms with E-state index in [9.17, 15) is 0 Å². The SMILES string of the molecule is c1ccc(-c2nc(-c3ccccc3)nc(-c3cccc(-c4ccc(-n5c6ccccc6c6ccc7c(nc8c9ccccc9c9ccccc9n78)c65)cc4)c3)n2)cc1. The lowest BCUT2D eigenvalue weighted by molar-refractivity contribution is 1.07.